The highest BCUT2D eigenvalue weighted by molar-refractivity contribution is 5.40. The molecule has 70 valence electrons. The predicted molar refractivity (Wildman–Crippen MR) is 51.8 cm³/mol. The minimum Gasteiger partial charge on any atom is -0.288 e. The molecule has 0 amide bonds. The second-order valence-electron chi connectivity index (χ2n) is 2.58. The molecule has 0 aliphatic rings. The van der Waals surface area contributed by atoms with Crippen LogP contribution in [-0.2, 0) is 0 Å². The van der Waals surface area contributed by atoms with Gasteiger partial charge in [-0.15, -0.1) is 5.10 Å². The summed E-state index contributed by atoms with van der Waals surface area (Å²) < 4.78 is 7.69. The topological polar surface area (TPSA) is 59.8 Å². The van der Waals surface area contributed by atoms with Crippen molar-refractivity contribution in [2.45, 2.75) is 0 Å². The average Bonchev–Trinajstić information content (AvgIpc) is 2.68. The molecule has 5 nitrogen and oxygen atoms in total. The molecular formula is C9H8N4O. The van der Waals surface area contributed by atoms with E-state index in [9.17, 15) is 4.79 Å². The number of nitrogens with zero attached hydrogens (tertiary/aromatic N) is 3. The van der Waals surface area contributed by atoms with Crippen LogP contribution in [0.2, 0.25) is 1.41 Å². The number of nitrogens with one attached hydrogen (secondary N) is 1. The zero-order chi connectivity index (χ0) is 10.7. The molecule has 0 atom stereocenters. The maximum atomic E-state index is 11.5. The fourth-order valence-corrected chi connectivity index (χ4v) is 0.968. The first-order chi connectivity index (χ1) is 7.29. The molecule has 0 spiro atoms. The molecule has 0 unspecified atom stereocenters. The van der Waals surface area contributed by atoms with Crippen molar-refractivity contribution < 1.29 is 1.41 Å². The Kier molecular flexibility index (Phi) is 1.91. The zero-order valence-corrected chi connectivity index (χ0v) is 7.24. The molecular weight excluding hydrogens is 180 g/mol. The molecule has 0 fully saturated rings. The van der Waals surface area contributed by atoms with E-state index >= 15 is 0 Å². The molecule has 5 heteroatoms. The smallest absolute Gasteiger partial charge is 0.203 e. The average molecular weight is 189 g/mol. The van der Waals surface area contributed by atoms with Crippen LogP contribution in [-0.4, -0.2) is 14.9 Å². The lowest BCUT2D eigenvalue weighted by Gasteiger charge is -2.00. The molecule has 0 aliphatic carbocycles. The van der Waals surface area contributed by atoms with Gasteiger partial charge in [0.25, 0.3) is 0 Å². The van der Waals surface area contributed by atoms with Gasteiger partial charge in [0.15, 0.2) is 1.41 Å². The van der Waals surface area contributed by atoms with Crippen molar-refractivity contribution in [3.63, 3.8) is 0 Å². The van der Waals surface area contributed by atoms with Crippen LogP contribution in [0, 0.1) is 0 Å². The van der Waals surface area contributed by atoms with E-state index in [1.807, 2.05) is 0 Å². The summed E-state index contributed by atoms with van der Waals surface area (Å²) in [5.74, 6) is 0. The van der Waals surface area contributed by atoms with E-state index in [2.05, 4.69) is 10.1 Å². The minimum atomic E-state index is -0.245. The first kappa shape index (κ1) is 7.25. The largest absolute Gasteiger partial charge is 0.288 e. The molecule has 0 bridgehead atoms. The van der Waals surface area contributed by atoms with Crippen molar-refractivity contribution in [1.29, 1.82) is 0 Å². The van der Waals surface area contributed by atoms with Crippen LogP contribution in [0.5, 0.6) is 0 Å². The van der Waals surface area contributed by atoms with Gasteiger partial charge in [0, 0.05) is 0 Å². The fraction of sp³-hybridized carbons (Fsp3) is 0. The van der Waals surface area contributed by atoms with Crippen molar-refractivity contribution in [3.8, 4) is 0 Å². The molecule has 0 saturated carbocycles. The minimum absolute atomic E-state index is 0.213. The molecule has 14 heavy (non-hydrogen) atoms. The Bertz CT molecular complexity index is 499. The normalized spacial score (nSPS) is 10.7. The van der Waals surface area contributed by atoms with Crippen LogP contribution in [0.15, 0.2) is 47.8 Å². The van der Waals surface area contributed by atoms with E-state index in [-0.39, 0.29) is 11.1 Å². The van der Waals surface area contributed by atoms with E-state index in [1.54, 1.807) is 24.3 Å². The van der Waals surface area contributed by atoms with Gasteiger partial charge >= 0.3 is 0 Å². The molecule has 0 saturated heterocycles. The van der Waals surface area contributed by atoms with Crippen LogP contribution in [0.4, 0.5) is 5.69 Å². The Morgan fingerprint density at radius 3 is 3.00 bits per heavy atom. The molecule has 2 rings (SSSR count). The second kappa shape index (κ2) is 3.69. The second-order valence-corrected chi connectivity index (χ2v) is 2.58. The lowest BCUT2D eigenvalue weighted by Crippen LogP contribution is -2.14. The molecule has 1 aromatic heterocycles. The summed E-state index contributed by atoms with van der Waals surface area (Å²) in [6.45, 7) is 0. The van der Waals surface area contributed by atoms with Gasteiger partial charge in [-0.05, 0) is 12.1 Å². The number of anilines is 1. The molecule has 1 heterocycles. The number of aromatic nitrogens is 3. The Morgan fingerprint density at radius 2 is 2.21 bits per heavy atom. The highest BCUT2D eigenvalue weighted by Crippen LogP contribution is 1.96. The third-order valence-electron chi connectivity index (χ3n) is 1.59. The Hall–Kier alpha value is -2.17. The van der Waals surface area contributed by atoms with Gasteiger partial charge < -0.3 is 0 Å². The van der Waals surface area contributed by atoms with Gasteiger partial charge in [0.05, 0.1) is 0 Å². The van der Waals surface area contributed by atoms with E-state index in [0.29, 0.717) is 0 Å². The maximum absolute atomic E-state index is 11.5. The van der Waals surface area contributed by atoms with E-state index in [4.69, 9.17) is 1.41 Å². The van der Waals surface area contributed by atoms with Crippen LogP contribution >= 0.6 is 0 Å². The van der Waals surface area contributed by atoms with Gasteiger partial charge in [-0.25, -0.2) is 4.98 Å². The van der Waals surface area contributed by atoms with E-state index in [1.165, 1.54) is 18.7 Å². The van der Waals surface area contributed by atoms with Gasteiger partial charge in [0.2, 0.25) is 5.43 Å². The summed E-state index contributed by atoms with van der Waals surface area (Å²) >= 11 is 0. The molecule has 1 aromatic carbocycles. The maximum Gasteiger partial charge on any atom is 0.203 e. The summed E-state index contributed by atoms with van der Waals surface area (Å²) in [5, 5.41) is 3.76. The van der Waals surface area contributed by atoms with Gasteiger partial charge in [0.1, 0.15) is 18.3 Å². The van der Waals surface area contributed by atoms with Crippen LogP contribution in [0.1, 0.15) is 0 Å². The van der Waals surface area contributed by atoms with Crippen molar-refractivity contribution >= 4 is 5.69 Å². The molecule has 2 aromatic rings. The Labute approximate surface area is 81.5 Å². The molecule has 0 radical (unpaired) electrons. The van der Waals surface area contributed by atoms with Crippen LogP contribution < -0.4 is 10.8 Å². The van der Waals surface area contributed by atoms with Crippen molar-refractivity contribution in [3.05, 3.63) is 53.2 Å². The van der Waals surface area contributed by atoms with Crippen molar-refractivity contribution in [2.24, 2.45) is 0 Å². The van der Waals surface area contributed by atoms with Crippen LogP contribution in [0.25, 0.3) is 0 Å². The summed E-state index contributed by atoms with van der Waals surface area (Å²) in [5.41, 5.74) is 0.853. The third-order valence-corrected chi connectivity index (χ3v) is 1.59. The molecule has 0 aliphatic heterocycles. The van der Waals surface area contributed by atoms with Gasteiger partial charge in [-0.1, -0.05) is 18.2 Å². The summed E-state index contributed by atoms with van der Waals surface area (Å²) in [6, 6.07) is 7.99. The first-order valence-electron chi connectivity index (χ1n) is 4.47. The SMILES string of the molecule is [2H]N(c1cccccc1=O)n1cncn1. The zero-order valence-electron chi connectivity index (χ0n) is 8.24. The summed E-state index contributed by atoms with van der Waals surface area (Å²) in [6.07, 6.45) is 2.65. The standard InChI is InChI=1S/C9H8N4O/c14-9-5-3-1-2-4-8(9)12-13-7-10-6-11-13/h1-7H,(H,12,14)/i/hD. The highest BCUT2D eigenvalue weighted by atomic mass is 16.1. The van der Waals surface area contributed by atoms with Crippen LogP contribution in [0.3, 0.4) is 0 Å². The lowest BCUT2D eigenvalue weighted by atomic mass is 10.4. The quantitative estimate of drug-likeness (QED) is 0.747. The van der Waals surface area contributed by atoms with E-state index < -0.39 is 0 Å². The third kappa shape index (κ3) is 1.77. The first-order valence-corrected chi connectivity index (χ1v) is 4.02. The summed E-state index contributed by atoms with van der Waals surface area (Å²) in [7, 11) is 0. The summed E-state index contributed by atoms with van der Waals surface area (Å²) in [4.78, 5) is 16.4. The number of hydrogen-bond donors (Lipinski definition) is 1. The highest BCUT2D eigenvalue weighted by Gasteiger charge is 1.95. The van der Waals surface area contributed by atoms with E-state index in [0.717, 1.165) is 10.2 Å². The monoisotopic (exact) mass is 189 g/mol. The number of hydrogen-bond acceptors (Lipinski definition) is 4. The number of rotatable bonds is 2. The lowest BCUT2D eigenvalue weighted by molar-refractivity contribution is 0.800. The fourth-order valence-electron chi connectivity index (χ4n) is 0.968. The van der Waals surface area contributed by atoms with Crippen molar-refractivity contribution in [2.75, 3.05) is 5.42 Å². The Morgan fingerprint density at radius 1 is 1.36 bits per heavy atom. The predicted octanol–water partition coefficient (Wildman–Crippen LogP) is 0.513. The van der Waals surface area contributed by atoms with Gasteiger partial charge in [-0.3, -0.25) is 10.2 Å². The van der Waals surface area contributed by atoms with Gasteiger partial charge in [-0.2, -0.15) is 4.79 Å². The Balaban J connectivity index is 2.48. The van der Waals surface area contributed by atoms with Crippen molar-refractivity contribution in [1.82, 2.24) is 14.9 Å². The molecule has 1 N–H and O–H groups in total.